The summed E-state index contributed by atoms with van der Waals surface area (Å²) in [5.41, 5.74) is 0.693. The molecule has 2 rings (SSSR count). The summed E-state index contributed by atoms with van der Waals surface area (Å²) in [6.07, 6.45) is 4.77. The maximum Gasteiger partial charge on any atom is 0.326 e. The molecular weight excluding hydrogens is 248 g/mol. The van der Waals surface area contributed by atoms with E-state index in [2.05, 4.69) is 20.6 Å². The Balaban J connectivity index is 1.92. The van der Waals surface area contributed by atoms with Crippen LogP contribution in [-0.4, -0.2) is 46.1 Å². The highest BCUT2D eigenvalue weighted by molar-refractivity contribution is 5.85. The minimum absolute atomic E-state index is 0.0927. The smallest absolute Gasteiger partial charge is 0.326 e. The molecule has 0 saturated carbocycles. The van der Waals surface area contributed by atoms with Gasteiger partial charge >= 0.3 is 5.97 Å². The normalized spacial score (nSPS) is 17.9. The fourth-order valence-electron chi connectivity index (χ4n) is 2.19. The number of nitrogens with zero attached hydrogens (tertiary/aromatic N) is 1. The molecule has 1 aromatic rings. The van der Waals surface area contributed by atoms with E-state index in [1.807, 2.05) is 0 Å². The molecule has 104 valence electrons. The Morgan fingerprint density at radius 3 is 2.79 bits per heavy atom. The number of aromatic amines is 1. The first-order chi connectivity index (χ1) is 9.16. The van der Waals surface area contributed by atoms with Gasteiger partial charge in [0.05, 0.1) is 6.33 Å². The molecule has 0 unspecified atom stereocenters. The summed E-state index contributed by atoms with van der Waals surface area (Å²) < 4.78 is 0. The number of nitrogens with one attached hydrogen (secondary N) is 3. The number of piperidine rings is 1. The number of carbonyl (C=O) groups is 2. The number of hydrogen-bond acceptors (Lipinski definition) is 4. The van der Waals surface area contributed by atoms with Crippen LogP contribution in [0.1, 0.15) is 18.5 Å². The second-order valence-electron chi connectivity index (χ2n) is 4.70. The molecule has 7 nitrogen and oxygen atoms in total. The Labute approximate surface area is 110 Å². The van der Waals surface area contributed by atoms with Gasteiger partial charge in [0.1, 0.15) is 6.04 Å². The Hall–Kier alpha value is -1.89. The number of H-pyrrole nitrogens is 1. The lowest BCUT2D eigenvalue weighted by molar-refractivity contribution is -0.142. The molecule has 19 heavy (non-hydrogen) atoms. The first kappa shape index (κ1) is 13.5. The van der Waals surface area contributed by atoms with Gasteiger partial charge in [-0.05, 0) is 25.9 Å². The SMILES string of the molecule is O=C(N[C@@H](Cc1cnc[nH]1)C(=O)O)C1CCNCC1. The second kappa shape index (κ2) is 6.33. The zero-order chi connectivity index (χ0) is 13.7. The highest BCUT2D eigenvalue weighted by Crippen LogP contribution is 2.12. The van der Waals surface area contributed by atoms with Gasteiger partial charge in [0.15, 0.2) is 0 Å². The standard InChI is InChI=1S/C12H18N4O3/c17-11(8-1-3-13-4-2-8)16-10(12(18)19)5-9-6-14-7-15-9/h6-8,10,13H,1-5H2,(H,14,15)(H,16,17)(H,18,19)/t10-/m0/s1. The van der Waals surface area contributed by atoms with Crippen molar-refractivity contribution in [3.63, 3.8) is 0 Å². The molecule has 1 atom stereocenters. The third kappa shape index (κ3) is 3.78. The number of hydrogen-bond donors (Lipinski definition) is 4. The van der Waals surface area contributed by atoms with Crippen molar-refractivity contribution >= 4 is 11.9 Å². The van der Waals surface area contributed by atoms with Crippen molar-refractivity contribution in [2.24, 2.45) is 5.92 Å². The molecule has 1 amide bonds. The summed E-state index contributed by atoms with van der Waals surface area (Å²) in [4.78, 5) is 29.9. The summed E-state index contributed by atoms with van der Waals surface area (Å²) >= 11 is 0. The van der Waals surface area contributed by atoms with Gasteiger partial charge in [-0.15, -0.1) is 0 Å². The summed E-state index contributed by atoms with van der Waals surface area (Å²) in [5.74, 6) is -1.30. The number of rotatable bonds is 5. The topological polar surface area (TPSA) is 107 Å². The molecule has 7 heteroatoms. The minimum Gasteiger partial charge on any atom is -0.480 e. The van der Waals surface area contributed by atoms with Crippen LogP contribution in [0.15, 0.2) is 12.5 Å². The Kier molecular flexibility index (Phi) is 4.51. The largest absolute Gasteiger partial charge is 0.480 e. The van der Waals surface area contributed by atoms with E-state index in [0.717, 1.165) is 25.9 Å². The lowest BCUT2D eigenvalue weighted by Gasteiger charge is -2.23. The van der Waals surface area contributed by atoms with Gasteiger partial charge < -0.3 is 20.7 Å². The van der Waals surface area contributed by atoms with Crippen molar-refractivity contribution in [3.8, 4) is 0 Å². The van der Waals surface area contributed by atoms with Crippen LogP contribution in [0, 0.1) is 5.92 Å². The molecule has 1 aliphatic heterocycles. The third-order valence-corrected chi connectivity index (χ3v) is 3.30. The molecule has 1 saturated heterocycles. The first-order valence-corrected chi connectivity index (χ1v) is 6.38. The van der Waals surface area contributed by atoms with Gasteiger partial charge in [-0.1, -0.05) is 0 Å². The maximum atomic E-state index is 12.0. The third-order valence-electron chi connectivity index (χ3n) is 3.30. The van der Waals surface area contributed by atoms with Gasteiger partial charge in [0, 0.05) is 24.2 Å². The first-order valence-electron chi connectivity index (χ1n) is 6.38. The van der Waals surface area contributed by atoms with E-state index < -0.39 is 12.0 Å². The van der Waals surface area contributed by atoms with Crippen molar-refractivity contribution < 1.29 is 14.7 Å². The Bertz CT molecular complexity index is 426. The molecule has 2 heterocycles. The van der Waals surface area contributed by atoms with E-state index in [9.17, 15) is 9.59 Å². The lowest BCUT2D eigenvalue weighted by atomic mass is 9.96. The lowest BCUT2D eigenvalue weighted by Crippen LogP contribution is -2.47. The molecule has 0 aromatic carbocycles. The highest BCUT2D eigenvalue weighted by atomic mass is 16.4. The number of carbonyl (C=O) groups excluding carboxylic acids is 1. The number of aromatic nitrogens is 2. The van der Waals surface area contributed by atoms with Gasteiger partial charge in [0.25, 0.3) is 0 Å². The zero-order valence-corrected chi connectivity index (χ0v) is 10.6. The van der Waals surface area contributed by atoms with Gasteiger partial charge in [-0.3, -0.25) is 4.79 Å². The van der Waals surface area contributed by atoms with Crippen LogP contribution >= 0.6 is 0 Å². The van der Waals surface area contributed by atoms with Crippen molar-refractivity contribution in [3.05, 3.63) is 18.2 Å². The Morgan fingerprint density at radius 2 is 2.21 bits per heavy atom. The molecule has 1 aromatic heterocycles. The van der Waals surface area contributed by atoms with Crippen LogP contribution in [0.25, 0.3) is 0 Å². The van der Waals surface area contributed by atoms with E-state index in [1.54, 1.807) is 6.20 Å². The quantitative estimate of drug-likeness (QED) is 0.576. The summed E-state index contributed by atoms with van der Waals surface area (Å²) in [6, 6.07) is -0.914. The van der Waals surface area contributed by atoms with Crippen LogP contribution in [0.4, 0.5) is 0 Å². The summed E-state index contributed by atoms with van der Waals surface area (Å²) in [7, 11) is 0. The number of carboxylic acids is 1. The van der Waals surface area contributed by atoms with E-state index in [4.69, 9.17) is 5.11 Å². The second-order valence-corrected chi connectivity index (χ2v) is 4.70. The summed E-state index contributed by atoms with van der Waals surface area (Å²) in [6.45, 7) is 1.60. The molecule has 1 aliphatic rings. The van der Waals surface area contributed by atoms with E-state index in [-0.39, 0.29) is 18.2 Å². The Morgan fingerprint density at radius 1 is 1.47 bits per heavy atom. The van der Waals surface area contributed by atoms with Gasteiger partial charge in [-0.2, -0.15) is 0 Å². The van der Waals surface area contributed by atoms with Crippen LogP contribution in [0.3, 0.4) is 0 Å². The van der Waals surface area contributed by atoms with E-state index >= 15 is 0 Å². The molecule has 0 radical (unpaired) electrons. The van der Waals surface area contributed by atoms with Gasteiger partial charge in [-0.25, -0.2) is 9.78 Å². The number of carboxylic acid groups (broad SMARTS) is 1. The number of aliphatic carboxylic acids is 1. The highest BCUT2D eigenvalue weighted by Gasteiger charge is 2.26. The van der Waals surface area contributed by atoms with Crippen LogP contribution < -0.4 is 10.6 Å². The molecule has 0 aliphatic carbocycles. The maximum absolute atomic E-state index is 12.0. The molecule has 4 N–H and O–H groups in total. The van der Waals surface area contributed by atoms with Crippen LogP contribution in [-0.2, 0) is 16.0 Å². The molecule has 0 bridgehead atoms. The predicted octanol–water partition coefficient (Wildman–Crippen LogP) is -0.479. The average Bonchev–Trinajstić information content (AvgIpc) is 2.91. The molecule has 1 fully saturated rings. The number of imidazole rings is 1. The summed E-state index contributed by atoms with van der Waals surface area (Å²) in [5, 5.41) is 14.9. The van der Waals surface area contributed by atoms with E-state index in [1.165, 1.54) is 6.33 Å². The number of amides is 1. The average molecular weight is 266 g/mol. The fourth-order valence-corrected chi connectivity index (χ4v) is 2.19. The van der Waals surface area contributed by atoms with Crippen molar-refractivity contribution in [2.45, 2.75) is 25.3 Å². The molecule has 0 spiro atoms. The molecular formula is C12H18N4O3. The zero-order valence-electron chi connectivity index (χ0n) is 10.6. The predicted molar refractivity (Wildman–Crippen MR) is 67.5 cm³/mol. The van der Waals surface area contributed by atoms with Crippen LogP contribution in [0.2, 0.25) is 0 Å². The van der Waals surface area contributed by atoms with Crippen LogP contribution in [0.5, 0.6) is 0 Å². The van der Waals surface area contributed by atoms with Crippen molar-refractivity contribution in [1.29, 1.82) is 0 Å². The monoisotopic (exact) mass is 266 g/mol. The van der Waals surface area contributed by atoms with Crippen molar-refractivity contribution in [2.75, 3.05) is 13.1 Å². The van der Waals surface area contributed by atoms with Crippen molar-refractivity contribution in [1.82, 2.24) is 20.6 Å². The fraction of sp³-hybridized carbons (Fsp3) is 0.583. The van der Waals surface area contributed by atoms with E-state index in [0.29, 0.717) is 5.69 Å². The van der Waals surface area contributed by atoms with Gasteiger partial charge in [0.2, 0.25) is 5.91 Å². The minimum atomic E-state index is -1.03.